The van der Waals surface area contributed by atoms with Crippen molar-refractivity contribution in [3.63, 3.8) is 0 Å². The molecule has 0 spiro atoms. The number of amides is 1. The Bertz CT molecular complexity index is 568. The molecule has 5 nitrogen and oxygen atoms in total. The molecule has 1 aromatic heterocycles. The van der Waals surface area contributed by atoms with Gasteiger partial charge in [-0.05, 0) is 32.9 Å². The molecule has 0 unspecified atom stereocenters. The van der Waals surface area contributed by atoms with Crippen LogP contribution in [-0.2, 0) is 0 Å². The standard InChI is InChI=1S/C15H18N2O3/c1-10-4-6-13(7-5-10)19-9-8-16-15(18)14-11(2)17-20-12(14)3/h4-7H,8-9H2,1-3H3,(H,16,18). The van der Waals surface area contributed by atoms with Crippen molar-refractivity contribution < 1.29 is 14.1 Å². The van der Waals surface area contributed by atoms with Crippen LogP contribution in [-0.4, -0.2) is 24.2 Å². The number of aromatic nitrogens is 1. The smallest absolute Gasteiger partial charge is 0.256 e. The molecule has 106 valence electrons. The third kappa shape index (κ3) is 3.38. The molecular weight excluding hydrogens is 256 g/mol. The summed E-state index contributed by atoms with van der Waals surface area (Å²) >= 11 is 0. The van der Waals surface area contributed by atoms with Gasteiger partial charge in [-0.25, -0.2) is 0 Å². The van der Waals surface area contributed by atoms with Crippen molar-refractivity contribution in [3.05, 3.63) is 46.8 Å². The van der Waals surface area contributed by atoms with Gasteiger partial charge in [0.25, 0.3) is 5.91 Å². The molecule has 0 atom stereocenters. The number of hydrogen-bond acceptors (Lipinski definition) is 4. The van der Waals surface area contributed by atoms with E-state index >= 15 is 0 Å². The molecule has 0 saturated carbocycles. The third-order valence-electron chi connectivity index (χ3n) is 2.94. The van der Waals surface area contributed by atoms with Crippen molar-refractivity contribution in [1.82, 2.24) is 10.5 Å². The molecule has 0 fully saturated rings. The summed E-state index contributed by atoms with van der Waals surface area (Å²) in [6, 6.07) is 7.78. The van der Waals surface area contributed by atoms with Crippen LogP contribution in [0.25, 0.3) is 0 Å². The Kier molecular flexibility index (Phi) is 4.40. The van der Waals surface area contributed by atoms with Gasteiger partial charge in [-0.3, -0.25) is 4.79 Å². The summed E-state index contributed by atoms with van der Waals surface area (Å²) in [5.41, 5.74) is 2.28. The Balaban J connectivity index is 1.79. The van der Waals surface area contributed by atoms with Crippen molar-refractivity contribution in [1.29, 1.82) is 0 Å². The van der Waals surface area contributed by atoms with Gasteiger partial charge in [0.05, 0.1) is 12.2 Å². The number of ether oxygens (including phenoxy) is 1. The molecular formula is C15H18N2O3. The van der Waals surface area contributed by atoms with Gasteiger partial charge in [-0.1, -0.05) is 22.9 Å². The van der Waals surface area contributed by atoms with E-state index < -0.39 is 0 Å². The number of nitrogens with zero attached hydrogens (tertiary/aromatic N) is 1. The van der Waals surface area contributed by atoms with Crippen molar-refractivity contribution in [2.45, 2.75) is 20.8 Å². The largest absolute Gasteiger partial charge is 0.492 e. The number of carbonyl (C=O) groups excluding carboxylic acids is 1. The van der Waals surface area contributed by atoms with E-state index in [0.717, 1.165) is 5.75 Å². The molecule has 0 bridgehead atoms. The molecule has 0 radical (unpaired) electrons. The zero-order valence-corrected chi connectivity index (χ0v) is 11.9. The van der Waals surface area contributed by atoms with Gasteiger partial charge in [0, 0.05) is 0 Å². The zero-order chi connectivity index (χ0) is 14.5. The van der Waals surface area contributed by atoms with Crippen LogP contribution in [0.5, 0.6) is 5.75 Å². The fourth-order valence-corrected chi connectivity index (χ4v) is 1.86. The first-order chi connectivity index (χ1) is 9.58. The van der Waals surface area contributed by atoms with Crippen LogP contribution in [0.2, 0.25) is 0 Å². The molecule has 1 aromatic carbocycles. The highest BCUT2D eigenvalue weighted by Gasteiger charge is 2.16. The maximum absolute atomic E-state index is 11.9. The predicted octanol–water partition coefficient (Wildman–Crippen LogP) is 2.41. The SMILES string of the molecule is Cc1ccc(OCCNC(=O)c2c(C)noc2C)cc1. The first-order valence-corrected chi connectivity index (χ1v) is 6.48. The number of carbonyl (C=O) groups is 1. The highest BCUT2D eigenvalue weighted by molar-refractivity contribution is 5.96. The number of nitrogens with one attached hydrogen (secondary N) is 1. The van der Waals surface area contributed by atoms with Gasteiger partial charge in [-0.2, -0.15) is 0 Å². The lowest BCUT2D eigenvalue weighted by atomic mass is 10.2. The van der Waals surface area contributed by atoms with Crippen LogP contribution in [0.4, 0.5) is 0 Å². The fourth-order valence-electron chi connectivity index (χ4n) is 1.86. The van der Waals surface area contributed by atoms with E-state index in [2.05, 4.69) is 10.5 Å². The normalized spacial score (nSPS) is 10.3. The monoisotopic (exact) mass is 274 g/mol. The second-order valence-electron chi connectivity index (χ2n) is 4.62. The first kappa shape index (κ1) is 14.1. The van der Waals surface area contributed by atoms with Crippen molar-refractivity contribution in [2.24, 2.45) is 0 Å². The molecule has 2 rings (SSSR count). The average Bonchev–Trinajstić information content (AvgIpc) is 2.76. The van der Waals surface area contributed by atoms with Gasteiger partial charge in [0.2, 0.25) is 0 Å². The Morgan fingerprint density at radius 1 is 1.25 bits per heavy atom. The van der Waals surface area contributed by atoms with Crippen LogP contribution in [0, 0.1) is 20.8 Å². The summed E-state index contributed by atoms with van der Waals surface area (Å²) in [5, 5.41) is 6.54. The van der Waals surface area contributed by atoms with E-state index in [0.29, 0.717) is 30.2 Å². The second kappa shape index (κ2) is 6.23. The third-order valence-corrected chi connectivity index (χ3v) is 2.94. The van der Waals surface area contributed by atoms with E-state index in [4.69, 9.17) is 9.26 Å². The quantitative estimate of drug-likeness (QED) is 0.850. The lowest BCUT2D eigenvalue weighted by Gasteiger charge is -2.07. The van der Waals surface area contributed by atoms with E-state index in [-0.39, 0.29) is 5.91 Å². The van der Waals surface area contributed by atoms with Gasteiger partial charge in [0.1, 0.15) is 23.7 Å². The molecule has 0 saturated heterocycles. The Hall–Kier alpha value is -2.30. The summed E-state index contributed by atoms with van der Waals surface area (Å²) in [6.07, 6.45) is 0. The molecule has 20 heavy (non-hydrogen) atoms. The van der Waals surface area contributed by atoms with Gasteiger partial charge >= 0.3 is 0 Å². The molecule has 1 heterocycles. The van der Waals surface area contributed by atoms with E-state index in [9.17, 15) is 4.79 Å². The van der Waals surface area contributed by atoms with Crippen molar-refractivity contribution >= 4 is 5.91 Å². The summed E-state index contributed by atoms with van der Waals surface area (Å²) in [5.74, 6) is 1.13. The van der Waals surface area contributed by atoms with Crippen LogP contribution in [0.1, 0.15) is 27.4 Å². The topological polar surface area (TPSA) is 64.4 Å². The molecule has 0 aliphatic rings. The predicted molar refractivity (Wildman–Crippen MR) is 75.0 cm³/mol. The van der Waals surface area contributed by atoms with Crippen LogP contribution in [0.3, 0.4) is 0 Å². The molecule has 0 aliphatic carbocycles. The van der Waals surface area contributed by atoms with E-state index in [1.165, 1.54) is 5.56 Å². The second-order valence-corrected chi connectivity index (χ2v) is 4.62. The highest BCUT2D eigenvalue weighted by atomic mass is 16.5. The summed E-state index contributed by atoms with van der Waals surface area (Å²) in [7, 11) is 0. The molecule has 1 amide bonds. The Morgan fingerprint density at radius 2 is 1.95 bits per heavy atom. The maximum Gasteiger partial charge on any atom is 0.256 e. The Morgan fingerprint density at radius 3 is 2.55 bits per heavy atom. The van der Waals surface area contributed by atoms with E-state index in [1.54, 1.807) is 13.8 Å². The van der Waals surface area contributed by atoms with Crippen molar-refractivity contribution in [3.8, 4) is 5.75 Å². The summed E-state index contributed by atoms with van der Waals surface area (Å²) < 4.78 is 10.5. The van der Waals surface area contributed by atoms with Gasteiger partial charge in [-0.15, -0.1) is 0 Å². The zero-order valence-electron chi connectivity index (χ0n) is 11.9. The first-order valence-electron chi connectivity index (χ1n) is 6.48. The minimum atomic E-state index is -0.186. The van der Waals surface area contributed by atoms with Crippen LogP contribution >= 0.6 is 0 Å². The fraction of sp³-hybridized carbons (Fsp3) is 0.333. The average molecular weight is 274 g/mol. The number of benzene rings is 1. The minimum Gasteiger partial charge on any atom is -0.492 e. The number of rotatable bonds is 5. The minimum absolute atomic E-state index is 0.186. The van der Waals surface area contributed by atoms with Crippen LogP contribution < -0.4 is 10.1 Å². The summed E-state index contributed by atoms with van der Waals surface area (Å²) in [6.45, 7) is 6.33. The van der Waals surface area contributed by atoms with Gasteiger partial charge in [0.15, 0.2) is 0 Å². The molecule has 2 aromatic rings. The maximum atomic E-state index is 11.9. The van der Waals surface area contributed by atoms with Crippen LogP contribution in [0.15, 0.2) is 28.8 Å². The Labute approximate surface area is 117 Å². The lowest BCUT2D eigenvalue weighted by molar-refractivity contribution is 0.0945. The highest BCUT2D eigenvalue weighted by Crippen LogP contribution is 2.12. The number of aryl methyl sites for hydroxylation is 3. The van der Waals surface area contributed by atoms with Crippen molar-refractivity contribution in [2.75, 3.05) is 13.2 Å². The van der Waals surface area contributed by atoms with E-state index in [1.807, 2.05) is 31.2 Å². The molecule has 5 heteroatoms. The lowest BCUT2D eigenvalue weighted by Crippen LogP contribution is -2.28. The molecule has 1 N–H and O–H groups in total. The number of hydrogen-bond donors (Lipinski definition) is 1. The molecule has 0 aliphatic heterocycles. The summed E-state index contributed by atoms with van der Waals surface area (Å²) in [4.78, 5) is 11.9. The van der Waals surface area contributed by atoms with Gasteiger partial charge < -0.3 is 14.6 Å².